The van der Waals surface area contributed by atoms with Gasteiger partial charge in [0.25, 0.3) is 5.91 Å². The van der Waals surface area contributed by atoms with Crippen molar-refractivity contribution in [3.05, 3.63) is 28.8 Å². The number of fused-ring (bicyclic) bond motifs is 2. The number of imide groups is 1. The van der Waals surface area contributed by atoms with Crippen molar-refractivity contribution in [1.29, 1.82) is 0 Å². The first-order chi connectivity index (χ1) is 12.4. The van der Waals surface area contributed by atoms with Crippen LogP contribution in [0.3, 0.4) is 0 Å². The van der Waals surface area contributed by atoms with E-state index < -0.39 is 11.9 Å². The Morgan fingerprint density at radius 3 is 2.88 bits per heavy atom. The Kier molecular flexibility index (Phi) is 3.99. The number of carbonyl (C=O) groups is 3. The molecule has 0 bridgehead atoms. The molecule has 1 fully saturated rings. The molecule has 3 amide bonds. The Morgan fingerprint density at radius 2 is 2.15 bits per heavy atom. The second kappa shape index (κ2) is 6.09. The summed E-state index contributed by atoms with van der Waals surface area (Å²) in [6.07, 6.45) is 2.37. The van der Waals surface area contributed by atoms with Gasteiger partial charge in [0, 0.05) is 29.5 Å². The summed E-state index contributed by atoms with van der Waals surface area (Å²) >= 11 is 0. The number of hydrogen-bond donors (Lipinski definition) is 2. The van der Waals surface area contributed by atoms with Gasteiger partial charge in [-0.2, -0.15) is 0 Å². The number of carbonyl (C=O) groups excluding carboxylic acids is 3. The van der Waals surface area contributed by atoms with Crippen LogP contribution >= 0.6 is 0 Å². The molecule has 3 N–H and O–H groups in total. The maximum Gasteiger partial charge on any atom is 0.255 e. The molecule has 0 saturated carbocycles. The predicted molar refractivity (Wildman–Crippen MR) is 93.6 cm³/mol. The number of piperidine rings is 1. The van der Waals surface area contributed by atoms with Gasteiger partial charge in [-0.05, 0) is 43.5 Å². The number of benzene rings is 1. The second-order valence-corrected chi connectivity index (χ2v) is 7.60. The minimum atomic E-state index is -0.596. The lowest BCUT2D eigenvalue weighted by molar-refractivity contribution is -0.136. The molecule has 0 aliphatic carbocycles. The van der Waals surface area contributed by atoms with E-state index in [-0.39, 0.29) is 23.7 Å². The Bertz CT molecular complexity index is 806. The summed E-state index contributed by atoms with van der Waals surface area (Å²) < 4.78 is 5.82. The molecule has 3 aliphatic heterocycles. The number of nitrogens with one attached hydrogen (secondary N) is 1. The summed E-state index contributed by atoms with van der Waals surface area (Å²) in [7, 11) is 0. The van der Waals surface area contributed by atoms with E-state index in [4.69, 9.17) is 10.5 Å². The van der Waals surface area contributed by atoms with Crippen molar-refractivity contribution in [2.75, 3.05) is 13.2 Å². The van der Waals surface area contributed by atoms with Crippen LogP contribution in [-0.4, -0.2) is 41.8 Å². The molecule has 2 atom stereocenters. The van der Waals surface area contributed by atoms with Crippen molar-refractivity contribution < 1.29 is 19.1 Å². The molecule has 4 rings (SSSR count). The van der Waals surface area contributed by atoms with Crippen LogP contribution in [0.25, 0.3) is 0 Å². The zero-order chi connectivity index (χ0) is 18.5. The van der Waals surface area contributed by atoms with Gasteiger partial charge in [0.2, 0.25) is 11.8 Å². The SMILES string of the molecule is CC1(CCN)CCOc2cc3c(cc21)CN(C1CCC(=O)NC1=O)C3=O. The van der Waals surface area contributed by atoms with Crippen LogP contribution in [0.2, 0.25) is 0 Å². The van der Waals surface area contributed by atoms with Crippen molar-refractivity contribution in [2.45, 2.75) is 50.6 Å². The van der Waals surface area contributed by atoms with Crippen LogP contribution < -0.4 is 15.8 Å². The summed E-state index contributed by atoms with van der Waals surface area (Å²) in [4.78, 5) is 38.0. The molecule has 138 valence electrons. The Balaban J connectivity index is 1.67. The molecule has 0 radical (unpaired) electrons. The molecule has 1 aromatic carbocycles. The van der Waals surface area contributed by atoms with E-state index in [0.29, 0.717) is 31.7 Å². The third-order valence-corrected chi connectivity index (χ3v) is 5.88. The van der Waals surface area contributed by atoms with Crippen molar-refractivity contribution in [2.24, 2.45) is 5.73 Å². The highest BCUT2D eigenvalue weighted by molar-refractivity contribution is 6.05. The summed E-state index contributed by atoms with van der Waals surface area (Å²) in [5.41, 5.74) is 8.33. The first kappa shape index (κ1) is 17.0. The van der Waals surface area contributed by atoms with Crippen LogP contribution in [0.5, 0.6) is 5.75 Å². The van der Waals surface area contributed by atoms with E-state index in [1.54, 1.807) is 4.90 Å². The Labute approximate surface area is 151 Å². The van der Waals surface area contributed by atoms with Crippen LogP contribution in [0.4, 0.5) is 0 Å². The van der Waals surface area contributed by atoms with E-state index in [9.17, 15) is 14.4 Å². The van der Waals surface area contributed by atoms with Crippen molar-refractivity contribution in [3.63, 3.8) is 0 Å². The highest BCUT2D eigenvalue weighted by Gasteiger charge is 2.41. The zero-order valence-corrected chi connectivity index (χ0v) is 14.8. The van der Waals surface area contributed by atoms with E-state index >= 15 is 0 Å². The quantitative estimate of drug-likeness (QED) is 0.781. The fraction of sp³-hybridized carbons (Fsp3) is 0.526. The molecule has 0 aromatic heterocycles. The highest BCUT2D eigenvalue weighted by Crippen LogP contribution is 2.44. The summed E-state index contributed by atoms with van der Waals surface area (Å²) in [5.74, 6) is -0.107. The Morgan fingerprint density at radius 1 is 1.35 bits per heavy atom. The van der Waals surface area contributed by atoms with Gasteiger partial charge in [-0.3, -0.25) is 19.7 Å². The third kappa shape index (κ3) is 2.58. The van der Waals surface area contributed by atoms with E-state index in [0.717, 1.165) is 29.7 Å². The molecule has 2 unspecified atom stereocenters. The topological polar surface area (TPSA) is 102 Å². The van der Waals surface area contributed by atoms with Gasteiger partial charge in [-0.25, -0.2) is 0 Å². The zero-order valence-electron chi connectivity index (χ0n) is 14.8. The average Bonchev–Trinajstić information content (AvgIpc) is 2.90. The number of hydrogen-bond acceptors (Lipinski definition) is 5. The molecule has 1 saturated heterocycles. The molecule has 3 heterocycles. The number of ether oxygens (including phenoxy) is 1. The third-order valence-electron chi connectivity index (χ3n) is 5.88. The molecule has 1 aromatic rings. The van der Waals surface area contributed by atoms with Crippen LogP contribution in [-0.2, 0) is 21.5 Å². The minimum absolute atomic E-state index is 0.0670. The van der Waals surface area contributed by atoms with Gasteiger partial charge in [-0.1, -0.05) is 6.92 Å². The Hall–Kier alpha value is -2.41. The molecule has 3 aliphatic rings. The number of rotatable bonds is 3. The van der Waals surface area contributed by atoms with Gasteiger partial charge < -0.3 is 15.4 Å². The van der Waals surface area contributed by atoms with Crippen molar-refractivity contribution in [1.82, 2.24) is 10.2 Å². The summed E-state index contributed by atoms with van der Waals surface area (Å²) in [6, 6.07) is 3.26. The number of nitrogens with zero attached hydrogens (tertiary/aromatic N) is 1. The fourth-order valence-electron chi connectivity index (χ4n) is 4.29. The number of amides is 3. The lowest BCUT2D eigenvalue weighted by Crippen LogP contribution is -2.52. The van der Waals surface area contributed by atoms with Crippen molar-refractivity contribution >= 4 is 17.7 Å². The van der Waals surface area contributed by atoms with Crippen molar-refractivity contribution in [3.8, 4) is 5.75 Å². The lowest BCUT2D eigenvalue weighted by Gasteiger charge is -2.36. The fourth-order valence-corrected chi connectivity index (χ4v) is 4.29. The molecular formula is C19H23N3O4. The summed E-state index contributed by atoms with van der Waals surface area (Å²) in [6.45, 7) is 3.76. The smallest absolute Gasteiger partial charge is 0.255 e. The minimum Gasteiger partial charge on any atom is -0.493 e. The monoisotopic (exact) mass is 357 g/mol. The van der Waals surface area contributed by atoms with Crippen LogP contribution in [0, 0.1) is 0 Å². The largest absolute Gasteiger partial charge is 0.493 e. The van der Waals surface area contributed by atoms with E-state index in [1.807, 2.05) is 12.1 Å². The predicted octanol–water partition coefficient (Wildman–Crippen LogP) is 0.837. The molecule has 0 spiro atoms. The van der Waals surface area contributed by atoms with Crippen LogP contribution in [0.15, 0.2) is 12.1 Å². The lowest BCUT2D eigenvalue weighted by atomic mass is 9.74. The van der Waals surface area contributed by atoms with Gasteiger partial charge in [-0.15, -0.1) is 0 Å². The first-order valence-electron chi connectivity index (χ1n) is 9.08. The van der Waals surface area contributed by atoms with Gasteiger partial charge in [0.1, 0.15) is 11.8 Å². The van der Waals surface area contributed by atoms with E-state index in [1.165, 1.54) is 0 Å². The molecule has 7 heteroatoms. The molecule has 26 heavy (non-hydrogen) atoms. The van der Waals surface area contributed by atoms with Gasteiger partial charge >= 0.3 is 0 Å². The average molecular weight is 357 g/mol. The molecular weight excluding hydrogens is 334 g/mol. The van der Waals surface area contributed by atoms with Crippen LogP contribution in [0.1, 0.15) is 54.1 Å². The second-order valence-electron chi connectivity index (χ2n) is 7.60. The van der Waals surface area contributed by atoms with Gasteiger partial charge in [0.15, 0.2) is 0 Å². The van der Waals surface area contributed by atoms with Gasteiger partial charge in [0.05, 0.1) is 6.61 Å². The first-order valence-corrected chi connectivity index (χ1v) is 9.08. The standard InChI is InChI=1S/C19H23N3O4/c1-19(4-6-20)5-7-26-15-9-12-11(8-13(15)19)10-22(18(12)25)14-2-3-16(23)21-17(14)24/h8-9,14H,2-7,10,20H2,1H3,(H,21,23,24). The van der Waals surface area contributed by atoms with E-state index in [2.05, 4.69) is 12.2 Å². The maximum atomic E-state index is 12.9. The number of nitrogens with two attached hydrogens (primary N) is 1. The highest BCUT2D eigenvalue weighted by atomic mass is 16.5. The maximum absolute atomic E-state index is 12.9. The summed E-state index contributed by atoms with van der Waals surface area (Å²) in [5, 5.41) is 2.33. The normalized spacial score (nSPS) is 27.7. The molecule has 7 nitrogen and oxygen atoms in total.